The van der Waals surface area contributed by atoms with Crippen molar-refractivity contribution < 1.29 is 14.3 Å². The van der Waals surface area contributed by atoms with Crippen LogP contribution in [0, 0.1) is 4.77 Å². The van der Waals surface area contributed by atoms with E-state index >= 15 is 0 Å². The Bertz CT molecular complexity index is 1060. The molecule has 0 saturated carbocycles. The molecule has 1 amide bonds. The molecule has 0 saturated heterocycles. The standard InChI is InChI=1S/C20H19ClN4O3S/c1-25-17(23-24-20(25)29)10-11-22-18(26)12-28-16-8-4-14(5-9-16)19(27)13-2-6-15(21)7-3-13/h2-9H,10-12H2,1H3,(H,22,26)(H,24,29). The molecule has 2 N–H and O–H groups in total. The van der Waals surface area contributed by atoms with E-state index in [4.69, 9.17) is 28.6 Å². The summed E-state index contributed by atoms with van der Waals surface area (Å²) in [6, 6.07) is 13.3. The molecule has 0 atom stereocenters. The van der Waals surface area contributed by atoms with Crippen molar-refractivity contribution in [3.05, 3.63) is 75.3 Å². The Kier molecular flexibility index (Phi) is 6.79. The fourth-order valence-corrected chi connectivity index (χ4v) is 2.86. The number of aromatic amines is 1. The highest BCUT2D eigenvalue weighted by Crippen LogP contribution is 2.17. The normalized spacial score (nSPS) is 10.6. The van der Waals surface area contributed by atoms with Gasteiger partial charge >= 0.3 is 0 Å². The quantitative estimate of drug-likeness (QED) is 0.423. The van der Waals surface area contributed by atoms with Crippen molar-refractivity contribution in [2.75, 3.05) is 13.2 Å². The Morgan fingerprint density at radius 1 is 1.14 bits per heavy atom. The highest BCUT2D eigenvalue weighted by Gasteiger charge is 2.10. The van der Waals surface area contributed by atoms with Gasteiger partial charge in [0, 0.05) is 36.2 Å². The number of aromatic nitrogens is 3. The molecule has 0 fully saturated rings. The van der Waals surface area contributed by atoms with E-state index in [1.165, 1.54) is 0 Å². The summed E-state index contributed by atoms with van der Waals surface area (Å²) in [5, 5.41) is 10.1. The number of hydrogen-bond donors (Lipinski definition) is 2. The van der Waals surface area contributed by atoms with Crippen LogP contribution in [-0.2, 0) is 18.3 Å². The number of nitrogens with zero attached hydrogens (tertiary/aromatic N) is 2. The van der Waals surface area contributed by atoms with Gasteiger partial charge in [-0.25, -0.2) is 0 Å². The number of ketones is 1. The van der Waals surface area contributed by atoms with Crippen LogP contribution in [0.1, 0.15) is 21.7 Å². The summed E-state index contributed by atoms with van der Waals surface area (Å²) in [4.78, 5) is 24.4. The molecule has 0 spiro atoms. The van der Waals surface area contributed by atoms with Crippen LogP contribution in [0.4, 0.5) is 0 Å². The summed E-state index contributed by atoms with van der Waals surface area (Å²) in [7, 11) is 1.81. The Hall–Kier alpha value is -2.97. The number of hydrogen-bond acceptors (Lipinski definition) is 5. The number of rotatable bonds is 8. The number of H-pyrrole nitrogens is 1. The predicted octanol–water partition coefficient (Wildman–Crippen LogP) is 3.10. The SMILES string of the molecule is Cn1c(CCNC(=O)COc2ccc(C(=O)c3ccc(Cl)cc3)cc2)n[nH]c1=S. The molecule has 0 aliphatic carbocycles. The van der Waals surface area contributed by atoms with Crippen LogP contribution in [0.25, 0.3) is 0 Å². The molecule has 2 aromatic carbocycles. The molecule has 0 aliphatic heterocycles. The van der Waals surface area contributed by atoms with Crippen molar-refractivity contribution >= 4 is 35.5 Å². The van der Waals surface area contributed by atoms with Gasteiger partial charge in [-0.05, 0) is 60.7 Å². The van der Waals surface area contributed by atoms with Crippen molar-refractivity contribution in [2.24, 2.45) is 7.05 Å². The molecule has 3 aromatic rings. The highest BCUT2D eigenvalue weighted by molar-refractivity contribution is 7.71. The molecule has 0 radical (unpaired) electrons. The minimum Gasteiger partial charge on any atom is -0.484 e. The summed E-state index contributed by atoms with van der Waals surface area (Å²) >= 11 is 10.9. The molecule has 1 aromatic heterocycles. The Morgan fingerprint density at radius 3 is 2.34 bits per heavy atom. The smallest absolute Gasteiger partial charge is 0.257 e. The fraction of sp³-hybridized carbons (Fsp3) is 0.200. The lowest BCUT2D eigenvalue weighted by molar-refractivity contribution is -0.123. The number of carbonyl (C=O) groups excluding carboxylic acids is 2. The molecule has 0 bridgehead atoms. The van der Waals surface area contributed by atoms with Crippen LogP contribution in [0.2, 0.25) is 5.02 Å². The lowest BCUT2D eigenvalue weighted by Crippen LogP contribution is -2.31. The van der Waals surface area contributed by atoms with Gasteiger partial charge < -0.3 is 14.6 Å². The monoisotopic (exact) mass is 430 g/mol. The average Bonchev–Trinajstić information content (AvgIpc) is 3.05. The molecule has 3 rings (SSSR count). The van der Waals surface area contributed by atoms with Crippen LogP contribution in [0.5, 0.6) is 5.75 Å². The molecular weight excluding hydrogens is 412 g/mol. The Morgan fingerprint density at radius 2 is 1.76 bits per heavy atom. The number of amides is 1. The maximum absolute atomic E-state index is 12.4. The van der Waals surface area contributed by atoms with Gasteiger partial charge in [0.15, 0.2) is 17.2 Å². The zero-order valence-corrected chi connectivity index (χ0v) is 17.2. The summed E-state index contributed by atoms with van der Waals surface area (Å²) in [5.41, 5.74) is 1.08. The molecule has 9 heteroatoms. The first-order valence-corrected chi connectivity index (χ1v) is 9.63. The summed E-state index contributed by atoms with van der Waals surface area (Å²) in [5.74, 6) is 0.905. The minimum absolute atomic E-state index is 0.111. The number of carbonyl (C=O) groups is 2. The van der Waals surface area contributed by atoms with Crippen LogP contribution >= 0.6 is 23.8 Å². The topological polar surface area (TPSA) is 89.0 Å². The fourth-order valence-electron chi connectivity index (χ4n) is 2.59. The second-order valence-corrected chi connectivity index (χ2v) is 7.08. The van der Waals surface area contributed by atoms with Crippen LogP contribution in [0.3, 0.4) is 0 Å². The van der Waals surface area contributed by atoms with E-state index in [1.54, 1.807) is 53.1 Å². The lowest BCUT2D eigenvalue weighted by Gasteiger charge is -2.08. The van der Waals surface area contributed by atoms with Gasteiger partial charge in [0.2, 0.25) is 0 Å². The van der Waals surface area contributed by atoms with Gasteiger partial charge in [0.1, 0.15) is 11.6 Å². The number of nitrogens with one attached hydrogen (secondary N) is 2. The van der Waals surface area contributed by atoms with Gasteiger partial charge in [-0.15, -0.1) is 0 Å². The van der Waals surface area contributed by atoms with Crippen molar-refractivity contribution in [1.29, 1.82) is 0 Å². The molecule has 1 heterocycles. The first-order chi connectivity index (χ1) is 13.9. The maximum atomic E-state index is 12.4. The van der Waals surface area contributed by atoms with Crippen LogP contribution < -0.4 is 10.1 Å². The number of halogens is 1. The van der Waals surface area contributed by atoms with E-state index < -0.39 is 0 Å². The van der Waals surface area contributed by atoms with E-state index in [-0.39, 0.29) is 18.3 Å². The molecule has 0 aliphatic rings. The first kappa shape index (κ1) is 20.8. The third-order valence-electron chi connectivity index (χ3n) is 4.24. The first-order valence-electron chi connectivity index (χ1n) is 8.84. The van der Waals surface area contributed by atoms with E-state index in [1.807, 2.05) is 7.05 Å². The summed E-state index contributed by atoms with van der Waals surface area (Å²) in [6.45, 7) is 0.299. The van der Waals surface area contributed by atoms with Crippen molar-refractivity contribution in [1.82, 2.24) is 20.1 Å². The van der Waals surface area contributed by atoms with Crippen LogP contribution in [-0.4, -0.2) is 39.6 Å². The Balaban J connectivity index is 1.46. The van der Waals surface area contributed by atoms with Gasteiger partial charge in [0.25, 0.3) is 5.91 Å². The number of benzene rings is 2. The average molecular weight is 431 g/mol. The van der Waals surface area contributed by atoms with E-state index in [2.05, 4.69) is 15.5 Å². The van der Waals surface area contributed by atoms with Crippen molar-refractivity contribution in [3.8, 4) is 5.75 Å². The van der Waals surface area contributed by atoms with Crippen molar-refractivity contribution in [3.63, 3.8) is 0 Å². The Labute approximate surface area is 177 Å². The van der Waals surface area contributed by atoms with Gasteiger partial charge in [-0.2, -0.15) is 5.10 Å². The van der Waals surface area contributed by atoms with Gasteiger partial charge in [-0.3, -0.25) is 14.7 Å². The molecule has 29 heavy (non-hydrogen) atoms. The van der Waals surface area contributed by atoms with Crippen molar-refractivity contribution in [2.45, 2.75) is 6.42 Å². The highest BCUT2D eigenvalue weighted by atomic mass is 35.5. The predicted molar refractivity (Wildman–Crippen MR) is 112 cm³/mol. The third kappa shape index (κ3) is 5.52. The maximum Gasteiger partial charge on any atom is 0.257 e. The number of ether oxygens (including phenoxy) is 1. The molecule has 150 valence electrons. The lowest BCUT2D eigenvalue weighted by atomic mass is 10.0. The molecule has 7 nitrogen and oxygen atoms in total. The largest absolute Gasteiger partial charge is 0.484 e. The van der Waals surface area contributed by atoms with E-state index in [9.17, 15) is 9.59 Å². The second kappa shape index (κ2) is 9.49. The minimum atomic E-state index is -0.247. The summed E-state index contributed by atoms with van der Waals surface area (Å²) < 4.78 is 7.76. The second-order valence-electron chi connectivity index (χ2n) is 6.25. The van der Waals surface area contributed by atoms with Gasteiger partial charge in [0.05, 0.1) is 0 Å². The van der Waals surface area contributed by atoms with Gasteiger partial charge in [-0.1, -0.05) is 11.6 Å². The third-order valence-corrected chi connectivity index (χ3v) is 4.85. The summed E-state index contributed by atoms with van der Waals surface area (Å²) in [6.07, 6.45) is 0.552. The van der Waals surface area contributed by atoms with E-state index in [0.717, 1.165) is 5.82 Å². The van der Waals surface area contributed by atoms with E-state index in [0.29, 0.717) is 39.6 Å². The molecular formula is C20H19ClN4O3S. The van der Waals surface area contributed by atoms with Crippen LogP contribution in [0.15, 0.2) is 48.5 Å². The zero-order valence-electron chi connectivity index (χ0n) is 15.6. The zero-order chi connectivity index (χ0) is 20.8. The molecule has 0 unspecified atom stereocenters.